The van der Waals surface area contributed by atoms with Crippen molar-refractivity contribution < 1.29 is 19.7 Å². The number of aliphatic hydroxyl groups is 2. The van der Waals surface area contributed by atoms with E-state index >= 15 is 0 Å². The maximum Gasteiger partial charge on any atom is 0.308 e. The molecular weight excluding hydrogens is 382 g/mol. The van der Waals surface area contributed by atoms with Crippen LogP contribution in [0.3, 0.4) is 0 Å². The second-order valence-electron chi connectivity index (χ2n) is 6.17. The first-order valence-corrected chi connectivity index (χ1v) is 9.71. The van der Waals surface area contributed by atoms with E-state index in [1.165, 1.54) is 11.3 Å². The van der Waals surface area contributed by atoms with Gasteiger partial charge in [0.25, 0.3) is 0 Å². The summed E-state index contributed by atoms with van der Waals surface area (Å²) in [6.07, 6.45) is 6.58. The number of hydrogen-bond acceptors (Lipinski definition) is 6. The molecule has 130 valence electrons. The normalized spacial score (nSPS) is 24.2. The molecule has 0 aliphatic heterocycles. The molecule has 0 saturated heterocycles. The summed E-state index contributed by atoms with van der Waals surface area (Å²) >= 11 is 4.68. The van der Waals surface area contributed by atoms with Crippen molar-refractivity contribution in [3.63, 3.8) is 0 Å². The van der Waals surface area contributed by atoms with E-state index in [2.05, 4.69) is 20.9 Å². The number of hydrogen-bond donors (Lipinski definition) is 2. The van der Waals surface area contributed by atoms with Crippen molar-refractivity contribution in [3.05, 3.63) is 15.0 Å². The third-order valence-corrected chi connectivity index (χ3v) is 6.24. The molecule has 1 aromatic rings. The fraction of sp³-hybridized carbons (Fsp3) is 0.750. The zero-order chi connectivity index (χ0) is 16.9. The molecule has 0 aromatic carbocycles. The van der Waals surface area contributed by atoms with Gasteiger partial charge < -0.3 is 14.9 Å². The van der Waals surface area contributed by atoms with Crippen molar-refractivity contribution in [2.75, 3.05) is 13.2 Å². The molecule has 0 radical (unpaired) electrons. The number of carbonyl (C=O) groups excluding carboxylic acids is 1. The Morgan fingerprint density at radius 2 is 2.17 bits per heavy atom. The molecule has 0 amide bonds. The quantitative estimate of drug-likeness (QED) is 0.680. The second kappa shape index (κ2) is 8.55. The molecule has 1 aliphatic carbocycles. The van der Waals surface area contributed by atoms with Gasteiger partial charge in [-0.1, -0.05) is 0 Å². The topological polar surface area (TPSA) is 79.7 Å². The van der Waals surface area contributed by atoms with Crippen LogP contribution in [0.4, 0.5) is 0 Å². The van der Waals surface area contributed by atoms with E-state index in [1.807, 2.05) is 6.92 Å². The van der Waals surface area contributed by atoms with Gasteiger partial charge in [0, 0.05) is 0 Å². The first-order chi connectivity index (χ1) is 11.0. The highest BCUT2D eigenvalue weighted by Crippen LogP contribution is 2.37. The van der Waals surface area contributed by atoms with Gasteiger partial charge in [-0.05, 0) is 67.3 Å². The average molecular weight is 406 g/mol. The van der Waals surface area contributed by atoms with E-state index in [0.717, 1.165) is 35.9 Å². The Kier molecular flexibility index (Phi) is 7.00. The summed E-state index contributed by atoms with van der Waals surface area (Å²) in [6, 6.07) is 0. The third-order valence-electron chi connectivity index (χ3n) is 4.57. The Morgan fingerprint density at radius 3 is 2.70 bits per heavy atom. The number of ether oxygens (including phenoxy) is 1. The summed E-state index contributed by atoms with van der Waals surface area (Å²) in [4.78, 5) is 15.9. The number of carbonyl (C=O) groups is 1. The van der Waals surface area contributed by atoms with Crippen molar-refractivity contribution in [2.45, 2.75) is 51.0 Å². The van der Waals surface area contributed by atoms with Crippen LogP contribution in [0, 0.1) is 11.8 Å². The average Bonchev–Trinajstić information content (AvgIpc) is 3.00. The number of aromatic nitrogens is 1. The van der Waals surface area contributed by atoms with E-state index < -0.39 is 5.60 Å². The molecule has 2 rings (SSSR count). The van der Waals surface area contributed by atoms with Crippen LogP contribution in [0.2, 0.25) is 0 Å². The van der Waals surface area contributed by atoms with Crippen LogP contribution in [0.1, 0.15) is 50.5 Å². The van der Waals surface area contributed by atoms with Gasteiger partial charge in [0.2, 0.25) is 0 Å². The largest absolute Gasteiger partial charge is 0.466 e. The van der Waals surface area contributed by atoms with Gasteiger partial charge in [0.15, 0.2) is 0 Å². The molecule has 0 spiro atoms. The fourth-order valence-corrected chi connectivity index (χ4v) is 4.43. The highest BCUT2D eigenvalue weighted by molar-refractivity contribution is 9.11. The van der Waals surface area contributed by atoms with E-state index in [0.29, 0.717) is 24.0 Å². The molecule has 1 aromatic heterocycles. The van der Waals surface area contributed by atoms with Crippen LogP contribution in [0.25, 0.3) is 0 Å². The molecule has 0 bridgehead atoms. The predicted molar refractivity (Wildman–Crippen MR) is 92.1 cm³/mol. The molecule has 1 saturated carbocycles. The first-order valence-electron chi connectivity index (χ1n) is 8.10. The molecule has 1 heterocycles. The van der Waals surface area contributed by atoms with E-state index in [1.54, 1.807) is 6.20 Å². The molecule has 1 aliphatic rings. The Labute approximate surface area is 149 Å². The number of rotatable bonds is 7. The summed E-state index contributed by atoms with van der Waals surface area (Å²) in [5, 5.41) is 20.8. The summed E-state index contributed by atoms with van der Waals surface area (Å²) in [7, 11) is 0. The van der Waals surface area contributed by atoms with Crippen molar-refractivity contribution in [1.29, 1.82) is 0 Å². The number of esters is 1. The number of thiazole rings is 1. The molecule has 7 heteroatoms. The van der Waals surface area contributed by atoms with Gasteiger partial charge in [-0.15, -0.1) is 11.3 Å². The highest BCUT2D eigenvalue weighted by atomic mass is 79.9. The Balaban J connectivity index is 1.83. The third kappa shape index (κ3) is 4.98. The van der Waals surface area contributed by atoms with Crippen molar-refractivity contribution in [1.82, 2.24) is 4.98 Å². The minimum atomic E-state index is -1.27. The lowest BCUT2D eigenvalue weighted by Crippen LogP contribution is -2.31. The summed E-state index contributed by atoms with van der Waals surface area (Å²) in [5.74, 6) is 0.422. The number of halogens is 1. The number of aliphatic hydroxyl groups excluding tert-OH is 1. The zero-order valence-corrected chi connectivity index (χ0v) is 15.7. The van der Waals surface area contributed by atoms with E-state index in [4.69, 9.17) is 4.74 Å². The fourth-order valence-electron chi connectivity index (χ4n) is 3.11. The van der Waals surface area contributed by atoms with Gasteiger partial charge in [0.05, 0.1) is 29.1 Å². The SMILES string of the molecule is CCOC(=O)C1CCC(CCC(O)(CO)c2ncc(Br)s2)CC1. The van der Waals surface area contributed by atoms with Crippen molar-refractivity contribution in [3.8, 4) is 0 Å². The van der Waals surface area contributed by atoms with Crippen LogP contribution in [-0.4, -0.2) is 34.4 Å². The molecule has 1 fully saturated rings. The minimum Gasteiger partial charge on any atom is -0.466 e. The van der Waals surface area contributed by atoms with Crippen LogP contribution >= 0.6 is 27.3 Å². The second-order valence-corrected chi connectivity index (χ2v) is 8.58. The first kappa shape index (κ1) is 18.8. The van der Waals surface area contributed by atoms with E-state index in [9.17, 15) is 15.0 Å². The molecule has 5 nitrogen and oxygen atoms in total. The highest BCUT2D eigenvalue weighted by Gasteiger charge is 2.34. The molecule has 1 atom stereocenters. The number of nitrogens with zero attached hydrogens (tertiary/aromatic N) is 1. The summed E-state index contributed by atoms with van der Waals surface area (Å²) in [5.41, 5.74) is -1.27. The molecule has 23 heavy (non-hydrogen) atoms. The smallest absolute Gasteiger partial charge is 0.308 e. The van der Waals surface area contributed by atoms with E-state index in [-0.39, 0.29) is 18.5 Å². The van der Waals surface area contributed by atoms with Gasteiger partial charge in [-0.3, -0.25) is 4.79 Å². The van der Waals surface area contributed by atoms with Crippen molar-refractivity contribution >= 4 is 33.2 Å². The summed E-state index contributed by atoms with van der Waals surface area (Å²) < 4.78 is 5.93. The molecular formula is C16H24BrNO4S. The Bertz CT molecular complexity index is 516. The predicted octanol–water partition coefficient (Wildman–Crippen LogP) is 3.24. The van der Waals surface area contributed by atoms with Crippen LogP contribution in [0.5, 0.6) is 0 Å². The lowest BCUT2D eigenvalue weighted by Gasteiger charge is -2.30. The Hall–Kier alpha value is -0.500. The van der Waals surface area contributed by atoms with Crippen LogP contribution in [-0.2, 0) is 15.1 Å². The lowest BCUT2D eigenvalue weighted by molar-refractivity contribution is -0.149. The monoisotopic (exact) mass is 405 g/mol. The molecule has 1 unspecified atom stereocenters. The minimum absolute atomic E-state index is 0.0258. The van der Waals surface area contributed by atoms with Crippen LogP contribution < -0.4 is 0 Å². The standard InChI is InChI=1S/C16H24BrNO4S/c1-2-22-14(20)12-5-3-11(4-6-12)7-8-16(21,10-19)15-18-9-13(17)23-15/h9,11-12,19,21H,2-8,10H2,1H3. The zero-order valence-electron chi connectivity index (χ0n) is 13.3. The lowest BCUT2D eigenvalue weighted by atomic mass is 9.78. The summed E-state index contributed by atoms with van der Waals surface area (Å²) in [6.45, 7) is 1.94. The van der Waals surface area contributed by atoms with Gasteiger partial charge in [-0.2, -0.15) is 0 Å². The van der Waals surface area contributed by atoms with Crippen LogP contribution in [0.15, 0.2) is 9.98 Å². The maximum atomic E-state index is 11.7. The van der Waals surface area contributed by atoms with Gasteiger partial charge >= 0.3 is 5.97 Å². The van der Waals surface area contributed by atoms with Gasteiger partial charge in [-0.25, -0.2) is 4.98 Å². The Morgan fingerprint density at radius 1 is 1.48 bits per heavy atom. The van der Waals surface area contributed by atoms with Gasteiger partial charge in [0.1, 0.15) is 10.6 Å². The molecule has 2 N–H and O–H groups in total. The maximum absolute atomic E-state index is 11.7. The van der Waals surface area contributed by atoms with Crippen molar-refractivity contribution in [2.24, 2.45) is 11.8 Å².